The predicted octanol–water partition coefficient (Wildman–Crippen LogP) is 5.57. The Balaban J connectivity index is 1.86. The molecule has 1 saturated carbocycles. The van der Waals surface area contributed by atoms with Crippen molar-refractivity contribution in [2.45, 2.75) is 67.5 Å². The number of carbonyl (C=O) groups is 1. The van der Waals surface area contributed by atoms with Crippen LogP contribution in [0.1, 0.15) is 47.0 Å². The summed E-state index contributed by atoms with van der Waals surface area (Å²) >= 11 is 3.14. The molecule has 0 spiro atoms. The lowest BCUT2D eigenvalue weighted by molar-refractivity contribution is 0.255. The normalized spacial score (nSPS) is 22.3. The molecule has 0 aromatic heterocycles. The van der Waals surface area contributed by atoms with E-state index in [-0.39, 0.29) is 9.99 Å². The highest BCUT2D eigenvalue weighted by Crippen LogP contribution is 2.33. The van der Waals surface area contributed by atoms with Gasteiger partial charge in [-0.15, -0.1) is 11.8 Å². The molecule has 21 heavy (non-hydrogen) atoms. The largest absolute Gasteiger partial charge is 0.344 e. The van der Waals surface area contributed by atoms with E-state index >= 15 is 0 Å². The lowest BCUT2D eigenvalue weighted by Crippen LogP contribution is -2.33. The van der Waals surface area contributed by atoms with Gasteiger partial charge in [0.05, 0.1) is 0 Å². The van der Waals surface area contributed by atoms with Crippen LogP contribution in [0.4, 0.5) is 4.79 Å². The lowest BCUT2D eigenvalue weighted by Gasteiger charge is -2.18. The molecule has 2 atom stereocenters. The molecule has 2 rings (SSSR count). The Morgan fingerprint density at radius 1 is 1.14 bits per heavy atom. The van der Waals surface area contributed by atoms with Crippen molar-refractivity contribution < 1.29 is 4.79 Å². The SMILES string of the molecule is CC1CCCC1NC(=O)Sc1ccc(SC(C)(C)C)cc1. The van der Waals surface area contributed by atoms with Gasteiger partial charge in [-0.2, -0.15) is 0 Å². The van der Waals surface area contributed by atoms with Crippen molar-refractivity contribution in [3.63, 3.8) is 0 Å². The Hall–Kier alpha value is -0.610. The molecule has 1 aromatic carbocycles. The van der Waals surface area contributed by atoms with E-state index in [2.05, 4.69) is 45.1 Å². The minimum Gasteiger partial charge on any atom is -0.344 e. The molecule has 1 aliphatic carbocycles. The first-order chi connectivity index (χ1) is 9.83. The molecule has 0 bridgehead atoms. The molecule has 1 amide bonds. The number of nitrogens with one attached hydrogen (secondary N) is 1. The number of hydrogen-bond acceptors (Lipinski definition) is 3. The number of amides is 1. The van der Waals surface area contributed by atoms with Crippen LogP contribution in [0.5, 0.6) is 0 Å². The van der Waals surface area contributed by atoms with Gasteiger partial charge in [0, 0.05) is 20.6 Å². The Morgan fingerprint density at radius 2 is 1.76 bits per heavy atom. The number of thioether (sulfide) groups is 2. The van der Waals surface area contributed by atoms with Crippen LogP contribution >= 0.6 is 23.5 Å². The van der Waals surface area contributed by atoms with Crippen LogP contribution in [0, 0.1) is 5.92 Å². The van der Waals surface area contributed by atoms with Crippen molar-refractivity contribution in [3.8, 4) is 0 Å². The van der Waals surface area contributed by atoms with Gasteiger partial charge in [0.2, 0.25) is 0 Å². The second kappa shape index (κ2) is 7.10. The quantitative estimate of drug-likeness (QED) is 0.738. The summed E-state index contributed by atoms with van der Waals surface area (Å²) in [5.41, 5.74) is 0. The van der Waals surface area contributed by atoms with Gasteiger partial charge in [-0.1, -0.05) is 34.1 Å². The van der Waals surface area contributed by atoms with Gasteiger partial charge in [0.15, 0.2) is 0 Å². The topological polar surface area (TPSA) is 29.1 Å². The van der Waals surface area contributed by atoms with Gasteiger partial charge < -0.3 is 5.32 Å². The van der Waals surface area contributed by atoms with Gasteiger partial charge >= 0.3 is 0 Å². The van der Waals surface area contributed by atoms with Gasteiger partial charge in [-0.3, -0.25) is 4.79 Å². The van der Waals surface area contributed by atoms with Crippen molar-refractivity contribution in [2.24, 2.45) is 5.92 Å². The summed E-state index contributed by atoms with van der Waals surface area (Å²) in [6.45, 7) is 8.84. The first kappa shape index (κ1) is 16.8. The Morgan fingerprint density at radius 3 is 2.29 bits per heavy atom. The highest BCUT2D eigenvalue weighted by Gasteiger charge is 2.24. The molecule has 2 unspecified atom stereocenters. The van der Waals surface area contributed by atoms with E-state index < -0.39 is 0 Å². The second-order valence-electron chi connectivity index (χ2n) is 6.73. The van der Waals surface area contributed by atoms with Crippen LogP contribution in [0.15, 0.2) is 34.1 Å². The fraction of sp³-hybridized carbons (Fsp3) is 0.588. The molecule has 1 aliphatic rings. The maximum Gasteiger partial charge on any atom is 0.284 e. The summed E-state index contributed by atoms with van der Waals surface area (Å²) in [5.74, 6) is 0.611. The minimum absolute atomic E-state index is 0.0741. The number of benzene rings is 1. The van der Waals surface area contributed by atoms with Gasteiger partial charge in [0.25, 0.3) is 5.24 Å². The standard InChI is InChI=1S/C17H25NOS2/c1-12-6-5-7-15(12)18-16(19)20-13-8-10-14(11-9-13)21-17(2,3)4/h8-12,15H,5-7H2,1-4H3,(H,18,19). The van der Waals surface area contributed by atoms with Crippen LogP contribution in [0.3, 0.4) is 0 Å². The molecule has 1 fully saturated rings. The molecule has 4 heteroatoms. The predicted molar refractivity (Wildman–Crippen MR) is 93.2 cm³/mol. The maximum absolute atomic E-state index is 12.1. The molecule has 1 N–H and O–H groups in total. The van der Waals surface area contributed by atoms with Crippen molar-refractivity contribution in [1.82, 2.24) is 5.32 Å². The van der Waals surface area contributed by atoms with E-state index in [4.69, 9.17) is 0 Å². The van der Waals surface area contributed by atoms with E-state index in [1.54, 1.807) is 0 Å². The van der Waals surface area contributed by atoms with E-state index in [9.17, 15) is 4.79 Å². The summed E-state index contributed by atoms with van der Waals surface area (Å²) in [6.07, 6.45) is 3.58. The zero-order valence-corrected chi connectivity index (χ0v) is 14.9. The van der Waals surface area contributed by atoms with Gasteiger partial charge in [-0.05, 0) is 54.8 Å². The summed E-state index contributed by atoms with van der Waals surface area (Å²) in [4.78, 5) is 14.3. The molecule has 0 saturated heterocycles. The van der Waals surface area contributed by atoms with Crippen molar-refractivity contribution in [1.29, 1.82) is 0 Å². The molecule has 1 aromatic rings. The number of rotatable bonds is 3. The fourth-order valence-electron chi connectivity index (χ4n) is 2.58. The van der Waals surface area contributed by atoms with Crippen LogP contribution in [0.25, 0.3) is 0 Å². The van der Waals surface area contributed by atoms with Crippen molar-refractivity contribution >= 4 is 28.8 Å². The third kappa shape index (κ3) is 5.59. The second-order valence-corrected chi connectivity index (χ2v) is 9.68. The third-order valence-corrected chi connectivity index (χ3v) is 5.55. The highest BCUT2D eigenvalue weighted by atomic mass is 32.2. The fourth-order valence-corrected chi connectivity index (χ4v) is 4.25. The van der Waals surface area contributed by atoms with E-state index in [0.717, 1.165) is 11.3 Å². The van der Waals surface area contributed by atoms with Crippen LogP contribution in [-0.2, 0) is 0 Å². The monoisotopic (exact) mass is 323 g/mol. The molecule has 0 aliphatic heterocycles. The molecule has 2 nitrogen and oxygen atoms in total. The average molecular weight is 324 g/mol. The van der Waals surface area contributed by atoms with Gasteiger partial charge in [0.1, 0.15) is 0 Å². The van der Waals surface area contributed by atoms with E-state index in [1.165, 1.54) is 29.5 Å². The molecular formula is C17H25NOS2. The Kier molecular flexibility index (Phi) is 5.67. The highest BCUT2D eigenvalue weighted by molar-refractivity contribution is 8.13. The van der Waals surface area contributed by atoms with Crippen LogP contribution < -0.4 is 5.32 Å². The van der Waals surface area contributed by atoms with Crippen molar-refractivity contribution in [2.75, 3.05) is 0 Å². The van der Waals surface area contributed by atoms with Crippen LogP contribution in [-0.4, -0.2) is 16.0 Å². The lowest BCUT2D eigenvalue weighted by atomic mass is 10.1. The smallest absolute Gasteiger partial charge is 0.284 e. The van der Waals surface area contributed by atoms with E-state index in [1.807, 2.05) is 23.9 Å². The van der Waals surface area contributed by atoms with Crippen LogP contribution in [0.2, 0.25) is 0 Å². The summed E-state index contributed by atoms with van der Waals surface area (Å²) < 4.78 is 0.213. The summed E-state index contributed by atoms with van der Waals surface area (Å²) in [5, 5.41) is 3.22. The van der Waals surface area contributed by atoms with Crippen molar-refractivity contribution in [3.05, 3.63) is 24.3 Å². The third-order valence-electron chi connectivity index (χ3n) is 3.62. The summed E-state index contributed by atoms with van der Waals surface area (Å²) in [6, 6.07) is 8.64. The minimum atomic E-state index is 0.0741. The summed E-state index contributed by atoms with van der Waals surface area (Å²) in [7, 11) is 0. The van der Waals surface area contributed by atoms with E-state index in [0.29, 0.717) is 12.0 Å². The zero-order chi connectivity index (χ0) is 15.5. The Bertz CT molecular complexity index is 479. The first-order valence-electron chi connectivity index (χ1n) is 7.61. The molecular weight excluding hydrogens is 298 g/mol. The maximum atomic E-state index is 12.1. The molecule has 0 radical (unpaired) electrons. The number of carbonyl (C=O) groups excluding carboxylic acids is 1. The average Bonchev–Trinajstić information content (AvgIpc) is 2.76. The number of hydrogen-bond donors (Lipinski definition) is 1. The van der Waals surface area contributed by atoms with Gasteiger partial charge in [-0.25, -0.2) is 0 Å². The molecule has 116 valence electrons. The Labute approximate surface area is 136 Å². The first-order valence-corrected chi connectivity index (χ1v) is 9.24. The molecule has 0 heterocycles. The zero-order valence-electron chi connectivity index (χ0n) is 13.3.